The SMILES string of the molecule is C1=C\C=C/NCC\C=C/1. The molecule has 1 heterocycles. The Morgan fingerprint density at radius 1 is 1.00 bits per heavy atom. The van der Waals surface area contributed by atoms with Gasteiger partial charge in [0.2, 0.25) is 0 Å². The number of hydrogen-bond acceptors (Lipinski definition) is 1. The van der Waals surface area contributed by atoms with Gasteiger partial charge in [-0.05, 0) is 18.7 Å². The molecule has 0 saturated heterocycles. The van der Waals surface area contributed by atoms with E-state index in [0.717, 1.165) is 13.0 Å². The summed E-state index contributed by atoms with van der Waals surface area (Å²) in [6.45, 7) is 1.04. The molecule has 9 heavy (non-hydrogen) atoms. The standard InChI is InChI=1S/C8H11N/c1-2-4-6-8-9-7-5-3-1/h1-5,7,9H,6,8H2/b3-1-,4-2-,7-5-. The van der Waals surface area contributed by atoms with Gasteiger partial charge in [-0.3, -0.25) is 0 Å². The van der Waals surface area contributed by atoms with Gasteiger partial charge in [0, 0.05) is 6.54 Å². The van der Waals surface area contributed by atoms with Crippen molar-refractivity contribution in [2.24, 2.45) is 0 Å². The van der Waals surface area contributed by atoms with E-state index in [1.54, 1.807) is 0 Å². The predicted molar refractivity (Wildman–Crippen MR) is 40.0 cm³/mol. The zero-order chi connectivity index (χ0) is 6.36. The van der Waals surface area contributed by atoms with Crippen LogP contribution >= 0.6 is 0 Å². The van der Waals surface area contributed by atoms with E-state index in [-0.39, 0.29) is 0 Å². The van der Waals surface area contributed by atoms with Gasteiger partial charge in [-0.2, -0.15) is 0 Å². The van der Waals surface area contributed by atoms with Crippen LogP contribution in [0.1, 0.15) is 6.42 Å². The van der Waals surface area contributed by atoms with Crippen LogP contribution in [0.3, 0.4) is 0 Å². The molecule has 48 valence electrons. The van der Waals surface area contributed by atoms with Crippen molar-refractivity contribution < 1.29 is 0 Å². The summed E-state index contributed by atoms with van der Waals surface area (Å²) >= 11 is 0. The highest BCUT2D eigenvalue weighted by Gasteiger charge is 1.77. The second-order valence-corrected chi connectivity index (χ2v) is 1.91. The lowest BCUT2D eigenvalue weighted by molar-refractivity contribution is 0.853. The molecule has 0 atom stereocenters. The molecular weight excluding hydrogens is 110 g/mol. The van der Waals surface area contributed by atoms with Gasteiger partial charge in [0.15, 0.2) is 0 Å². The molecule has 1 rings (SSSR count). The van der Waals surface area contributed by atoms with Gasteiger partial charge in [-0.1, -0.05) is 24.3 Å². The van der Waals surface area contributed by atoms with E-state index in [1.807, 2.05) is 24.4 Å². The van der Waals surface area contributed by atoms with Gasteiger partial charge in [-0.15, -0.1) is 0 Å². The first-order valence-electron chi connectivity index (χ1n) is 3.22. The molecule has 0 aromatic rings. The second kappa shape index (κ2) is 3.96. The Kier molecular flexibility index (Phi) is 2.70. The average molecular weight is 121 g/mol. The van der Waals surface area contributed by atoms with Gasteiger partial charge in [0.1, 0.15) is 0 Å². The normalized spacial score (nSPS) is 28.4. The van der Waals surface area contributed by atoms with Crippen molar-refractivity contribution in [2.45, 2.75) is 6.42 Å². The van der Waals surface area contributed by atoms with Gasteiger partial charge >= 0.3 is 0 Å². The highest BCUT2D eigenvalue weighted by Crippen LogP contribution is 1.86. The van der Waals surface area contributed by atoms with Crippen molar-refractivity contribution in [1.29, 1.82) is 0 Å². The van der Waals surface area contributed by atoms with Gasteiger partial charge in [0.05, 0.1) is 0 Å². The van der Waals surface area contributed by atoms with Crippen LogP contribution in [0, 0.1) is 0 Å². The Morgan fingerprint density at radius 3 is 2.89 bits per heavy atom. The summed E-state index contributed by atoms with van der Waals surface area (Å²) in [5, 5.41) is 3.14. The van der Waals surface area contributed by atoms with Crippen LogP contribution in [-0.2, 0) is 0 Å². The molecule has 0 amide bonds. The molecule has 0 aromatic heterocycles. The molecule has 1 aliphatic rings. The molecular formula is C8H11N. The van der Waals surface area contributed by atoms with Crippen molar-refractivity contribution >= 4 is 0 Å². The van der Waals surface area contributed by atoms with E-state index in [0.29, 0.717) is 0 Å². The first kappa shape index (κ1) is 6.14. The molecule has 1 nitrogen and oxygen atoms in total. The molecule has 1 heteroatoms. The van der Waals surface area contributed by atoms with Crippen molar-refractivity contribution in [3.63, 3.8) is 0 Å². The molecule has 0 spiro atoms. The van der Waals surface area contributed by atoms with Crippen molar-refractivity contribution in [1.82, 2.24) is 5.32 Å². The monoisotopic (exact) mass is 121 g/mol. The maximum atomic E-state index is 3.14. The Labute approximate surface area is 55.8 Å². The summed E-state index contributed by atoms with van der Waals surface area (Å²) in [6, 6.07) is 0. The number of nitrogens with one attached hydrogen (secondary N) is 1. The van der Waals surface area contributed by atoms with Crippen LogP contribution in [0.5, 0.6) is 0 Å². The number of rotatable bonds is 0. The van der Waals surface area contributed by atoms with Crippen molar-refractivity contribution in [2.75, 3.05) is 6.54 Å². The predicted octanol–water partition coefficient (Wildman–Crippen LogP) is 1.61. The van der Waals surface area contributed by atoms with E-state index < -0.39 is 0 Å². The van der Waals surface area contributed by atoms with Crippen LogP contribution in [-0.4, -0.2) is 6.54 Å². The molecule has 1 aliphatic heterocycles. The summed E-state index contributed by atoms with van der Waals surface area (Å²) in [5.41, 5.74) is 0. The smallest absolute Gasteiger partial charge is 0.0176 e. The molecule has 0 bridgehead atoms. The van der Waals surface area contributed by atoms with E-state index in [2.05, 4.69) is 17.5 Å². The summed E-state index contributed by atoms with van der Waals surface area (Å²) in [7, 11) is 0. The molecule has 1 N–H and O–H groups in total. The van der Waals surface area contributed by atoms with Gasteiger partial charge < -0.3 is 5.32 Å². The molecule has 0 radical (unpaired) electrons. The minimum absolute atomic E-state index is 1.04. The van der Waals surface area contributed by atoms with Crippen molar-refractivity contribution in [3.8, 4) is 0 Å². The van der Waals surface area contributed by atoms with E-state index in [1.165, 1.54) is 0 Å². The van der Waals surface area contributed by atoms with Gasteiger partial charge in [-0.25, -0.2) is 0 Å². The lowest BCUT2D eigenvalue weighted by Crippen LogP contribution is -2.04. The van der Waals surface area contributed by atoms with E-state index in [4.69, 9.17) is 0 Å². The zero-order valence-corrected chi connectivity index (χ0v) is 5.38. The minimum atomic E-state index is 1.04. The first-order valence-corrected chi connectivity index (χ1v) is 3.22. The summed E-state index contributed by atoms with van der Waals surface area (Å²) < 4.78 is 0. The van der Waals surface area contributed by atoms with Crippen molar-refractivity contribution in [3.05, 3.63) is 36.6 Å². The fourth-order valence-corrected chi connectivity index (χ4v) is 0.677. The fourth-order valence-electron chi connectivity index (χ4n) is 0.677. The minimum Gasteiger partial charge on any atom is -0.391 e. The lowest BCUT2D eigenvalue weighted by atomic mass is 10.3. The molecule has 0 aromatic carbocycles. The third-order valence-corrected chi connectivity index (χ3v) is 1.14. The molecule has 0 saturated carbocycles. The molecule has 0 aliphatic carbocycles. The van der Waals surface area contributed by atoms with Crippen LogP contribution in [0.25, 0.3) is 0 Å². The summed E-state index contributed by atoms with van der Waals surface area (Å²) in [6.07, 6.45) is 13.3. The quantitative estimate of drug-likeness (QED) is 0.513. The third-order valence-electron chi connectivity index (χ3n) is 1.14. The van der Waals surface area contributed by atoms with Gasteiger partial charge in [0.25, 0.3) is 0 Å². The van der Waals surface area contributed by atoms with Crippen LogP contribution in [0.4, 0.5) is 0 Å². The first-order chi connectivity index (χ1) is 4.50. The third kappa shape index (κ3) is 2.75. The number of hydrogen-bond donors (Lipinski definition) is 1. The Balaban J connectivity index is 2.45. The van der Waals surface area contributed by atoms with Crippen LogP contribution in [0.2, 0.25) is 0 Å². The van der Waals surface area contributed by atoms with E-state index in [9.17, 15) is 0 Å². The summed E-state index contributed by atoms with van der Waals surface area (Å²) in [4.78, 5) is 0. The van der Waals surface area contributed by atoms with Crippen LogP contribution < -0.4 is 5.32 Å². The second-order valence-electron chi connectivity index (χ2n) is 1.91. The Bertz CT molecular complexity index is 127. The van der Waals surface area contributed by atoms with Crippen LogP contribution in [0.15, 0.2) is 36.6 Å². The molecule has 0 unspecified atom stereocenters. The largest absolute Gasteiger partial charge is 0.391 e. The maximum Gasteiger partial charge on any atom is 0.0176 e. The molecule has 0 fully saturated rings. The number of allylic oxidation sites excluding steroid dienone is 4. The maximum absolute atomic E-state index is 3.14. The summed E-state index contributed by atoms with van der Waals surface area (Å²) in [5.74, 6) is 0. The zero-order valence-electron chi connectivity index (χ0n) is 5.38. The highest BCUT2D eigenvalue weighted by molar-refractivity contribution is 5.11. The Morgan fingerprint density at radius 2 is 1.89 bits per heavy atom. The lowest BCUT2D eigenvalue weighted by Gasteiger charge is -1.92. The average Bonchev–Trinajstić information content (AvgIpc) is 2.00. The highest BCUT2D eigenvalue weighted by atomic mass is 14.8. The van der Waals surface area contributed by atoms with E-state index >= 15 is 0 Å². The topological polar surface area (TPSA) is 12.0 Å². The fraction of sp³-hybridized carbons (Fsp3) is 0.250. The Hall–Kier alpha value is -0.980.